The maximum atomic E-state index is 11.2. The van der Waals surface area contributed by atoms with Gasteiger partial charge in [0, 0.05) is 37.3 Å². The topological polar surface area (TPSA) is 46.9 Å². The van der Waals surface area contributed by atoms with Gasteiger partial charge in [0.25, 0.3) is 0 Å². The normalized spacial score (nSPS) is 10.8. The summed E-state index contributed by atoms with van der Waals surface area (Å²) in [5.74, 6) is 0.107. The number of aromatic nitrogens is 2. The van der Waals surface area contributed by atoms with Gasteiger partial charge >= 0.3 is 0 Å². The average Bonchev–Trinajstić information content (AvgIpc) is 2.78. The molecule has 2 heterocycles. The van der Waals surface area contributed by atoms with E-state index >= 15 is 0 Å². The summed E-state index contributed by atoms with van der Waals surface area (Å²) in [4.78, 5) is 15.7. The molecule has 0 saturated carbocycles. The number of fused-ring (bicyclic) bond motifs is 1. The Morgan fingerprint density at radius 3 is 3.00 bits per heavy atom. The van der Waals surface area contributed by atoms with Gasteiger partial charge in [-0.3, -0.25) is 4.79 Å². The van der Waals surface area contributed by atoms with Crippen LogP contribution in [-0.2, 0) is 17.8 Å². The number of rotatable bonds is 6. The Balaban J connectivity index is 2.16. The summed E-state index contributed by atoms with van der Waals surface area (Å²) in [5.41, 5.74) is 2.30. The van der Waals surface area contributed by atoms with Crippen molar-refractivity contribution in [3.05, 3.63) is 30.1 Å². The van der Waals surface area contributed by atoms with E-state index in [0.29, 0.717) is 13.0 Å². The highest BCUT2D eigenvalue weighted by Gasteiger charge is 2.08. The average molecular weight is 259 g/mol. The summed E-state index contributed by atoms with van der Waals surface area (Å²) in [6.07, 6.45) is 6.48. The summed E-state index contributed by atoms with van der Waals surface area (Å²) < 4.78 is 2.20. The monoisotopic (exact) mass is 259 g/mol. The quantitative estimate of drug-likeness (QED) is 0.866. The van der Waals surface area contributed by atoms with Crippen LogP contribution >= 0.6 is 0 Å². The second-order valence-electron chi connectivity index (χ2n) is 4.68. The molecule has 0 spiro atoms. The first kappa shape index (κ1) is 13.6. The molecule has 0 aliphatic heterocycles. The molecule has 19 heavy (non-hydrogen) atoms. The smallest absolute Gasteiger partial charge is 0.219 e. The minimum Gasteiger partial charge on any atom is -0.356 e. The summed E-state index contributed by atoms with van der Waals surface area (Å²) in [5, 5.41) is 4.11. The zero-order valence-corrected chi connectivity index (χ0v) is 11.6. The Labute approximate surface area is 113 Å². The van der Waals surface area contributed by atoms with Crippen molar-refractivity contribution in [1.29, 1.82) is 0 Å². The highest BCUT2D eigenvalue weighted by molar-refractivity contribution is 5.80. The maximum Gasteiger partial charge on any atom is 0.219 e. The number of carbonyl (C=O) groups excluding carboxylic acids is 1. The number of nitrogens with zero attached hydrogens (tertiary/aromatic N) is 2. The predicted octanol–water partition coefficient (Wildman–Crippen LogP) is 2.52. The SMILES string of the molecule is CCCn1cc(CCNC(=O)CC)c2cccnc21. The van der Waals surface area contributed by atoms with E-state index in [0.717, 1.165) is 25.0 Å². The third-order valence-corrected chi connectivity index (χ3v) is 3.22. The second-order valence-corrected chi connectivity index (χ2v) is 4.68. The lowest BCUT2D eigenvalue weighted by atomic mass is 10.1. The van der Waals surface area contributed by atoms with Gasteiger partial charge in [-0.2, -0.15) is 0 Å². The molecule has 102 valence electrons. The van der Waals surface area contributed by atoms with E-state index in [2.05, 4.69) is 34.1 Å². The molecular weight excluding hydrogens is 238 g/mol. The summed E-state index contributed by atoms with van der Waals surface area (Å²) >= 11 is 0. The number of amides is 1. The first-order valence-corrected chi connectivity index (χ1v) is 6.95. The van der Waals surface area contributed by atoms with Gasteiger partial charge in [-0.05, 0) is 30.5 Å². The standard InChI is InChI=1S/C15H21N3O/c1-3-10-18-11-12(7-9-16-14(19)4-2)13-6-5-8-17-15(13)18/h5-6,8,11H,3-4,7,9-10H2,1-2H3,(H,16,19). The van der Waals surface area contributed by atoms with Gasteiger partial charge in [-0.25, -0.2) is 4.98 Å². The first-order valence-electron chi connectivity index (χ1n) is 6.95. The van der Waals surface area contributed by atoms with E-state index in [1.165, 1.54) is 10.9 Å². The largest absolute Gasteiger partial charge is 0.356 e. The van der Waals surface area contributed by atoms with Crippen LogP contribution in [-0.4, -0.2) is 22.0 Å². The van der Waals surface area contributed by atoms with E-state index in [1.54, 1.807) is 0 Å². The number of hydrogen-bond acceptors (Lipinski definition) is 2. The molecular formula is C15H21N3O. The lowest BCUT2D eigenvalue weighted by molar-refractivity contribution is -0.120. The molecule has 0 radical (unpaired) electrons. The van der Waals surface area contributed by atoms with Crippen molar-refractivity contribution in [1.82, 2.24) is 14.9 Å². The van der Waals surface area contributed by atoms with E-state index in [4.69, 9.17) is 0 Å². The van der Waals surface area contributed by atoms with Crippen molar-refractivity contribution < 1.29 is 4.79 Å². The molecule has 0 saturated heterocycles. The number of nitrogens with one attached hydrogen (secondary N) is 1. The summed E-state index contributed by atoms with van der Waals surface area (Å²) in [6, 6.07) is 4.07. The van der Waals surface area contributed by atoms with E-state index in [9.17, 15) is 4.79 Å². The van der Waals surface area contributed by atoms with Crippen LogP contribution in [0, 0.1) is 0 Å². The van der Waals surface area contributed by atoms with E-state index in [1.807, 2.05) is 19.2 Å². The van der Waals surface area contributed by atoms with Gasteiger partial charge in [0.2, 0.25) is 5.91 Å². The second kappa shape index (κ2) is 6.36. The summed E-state index contributed by atoms with van der Waals surface area (Å²) in [7, 11) is 0. The van der Waals surface area contributed by atoms with Crippen molar-refractivity contribution in [3.63, 3.8) is 0 Å². The molecule has 0 atom stereocenters. The Kier molecular flexibility index (Phi) is 4.55. The van der Waals surface area contributed by atoms with Gasteiger partial charge in [-0.15, -0.1) is 0 Å². The molecule has 4 nitrogen and oxygen atoms in total. The molecule has 1 N–H and O–H groups in total. The van der Waals surface area contributed by atoms with Crippen molar-refractivity contribution in [2.45, 2.75) is 39.7 Å². The molecule has 0 bridgehead atoms. The number of hydrogen-bond donors (Lipinski definition) is 1. The third-order valence-electron chi connectivity index (χ3n) is 3.22. The van der Waals surface area contributed by atoms with Crippen molar-refractivity contribution in [3.8, 4) is 0 Å². The van der Waals surface area contributed by atoms with Crippen LogP contribution in [0.5, 0.6) is 0 Å². The molecule has 0 aliphatic rings. The molecule has 2 aromatic rings. The van der Waals surface area contributed by atoms with Crippen LogP contribution in [0.4, 0.5) is 0 Å². The fourth-order valence-corrected chi connectivity index (χ4v) is 2.27. The van der Waals surface area contributed by atoms with Crippen molar-refractivity contribution >= 4 is 16.9 Å². The Bertz CT molecular complexity index is 560. The molecule has 2 rings (SSSR count). The number of aryl methyl sites for hydroxylation is 1. The number of pyridine rings is 1. The zero-order chi connectivity index (χ0) is 13.7. The molecule has 2 aromatic heterocycles. The fraction of sp³-hybridized carbons (Fsp3) is 0.467. The van der Waals surface area contributed by atoms with E-state index < -0.39 is 0 Å². The zero-order valence-electron chi connectivity index (χ0n) is 11.6. The molecule has 1 amide bonds. The Hall–Kier alpha value is -1.84. The van der Waals surface area contributed by atoms with Gasteiger partial charge in [0.05, 0.1) is 0 Å². The highest BCUT2D eigenvalue weighted by Crippen LogP contribution is 2.19. The van der Waals surface area contributed by atoms with Crippen molar-refractivity contribution in [2.75, 3.05) is 6.54 Å². The van der Waals surface area contributed by atoms with Gasteiger partial charge in [0.15, 0.2) is 0 Å². The van der Waals surface area contributed by atoms with Crippen LogP contribution in [0.2, 0.25) is 0 Å². The van der Waals surface area contributed by atoms with Crippen LogP contribution in [0.25, 0.3) is 11.0 Å². The van der Waals surface area contributed by atoms with E-state index in [-0.39, 0.29) is 5.91 Å². The fourth-order valence-electron chi connectivity index (χ4n) is 2.27. The number of carbonyl (C=O) groups is 1. The van der Waals surface area contributed by atoms with Crippen LogP contribution in [0.3, 0.4) is 0 Å². The van der Waals surface area contributed by atoms with Crippen molar-refractivity contribution in [2.24, 2.45) is 0 Å². The predicted molar refractivity (Wildman–Crippen MR) is 77.0 cm³/mol. The van der Waals surface area contributed by atoms with Crippen LogP contribution < -0.4 is 5.32 Å². The molecule has 0 aliphatic carbocycles. The maximum absolute atomic E-state index is 11.2. The summed E-state index contributed by atoms with van der Waals surface area (Å²) in [6.45, 7) is 5.70. The minimum absolute atomic E-state index is 0.107. The highest BCUT2D eigenvalue weighted by atomic mass is 16.1. The molecule has 0 unspecified atom stereocenters. The molecule has 0 fully saturated rings. The van der Waals surface area contributed by atoms with Gasteiger partial charge in [0.1, 0.15) is 5.65 Å². The third kappa shape index (κ3) is 3.13. The van der Waals surface area contributed by atoms with Gasteiger partial charge in [-0.1, -0.05) is 13.8 Å². The Morgan fingerprint density at radius 2 is 2.26 bits per heavy atom. The van der Waals surface area contributed by atoms with Crippen LogP contribution in [0.1, 0.15) is 32.3 Å². The lowest BCUT2D eigenvalue weighted by Crippen LogP contribution is -2.24. The van der Waals surface area contributed by atoms with Crippen LogP contribution in [0.15, 0.2) is 24.5 Å². The minimum atomic E-state index is 0.107. The lowest BCUT2D eigenvalue weighted by Gasteiger charge is -2.02. The first-order chi connectivity index (χ1) is 9.26. The molecule has 0 aromatic carbocycles. The van der Waals surface area contributed by atoms with Gasteiger partial charge < -0.3 is 9.88 Å². The molecule has 4 heteroatoms. The Morgan fingerprint density at radius 1 is 1.42 bits per heavy atom.